The summed E-state index contributed by atoms with van der Waals surface area (Å²) in [6.07, 6.45) is -4.21. The van der Waals surface area contributed by atoms with Crippen LogP contribution in [0.2, 0.25) is 0 Å². The molecule has 1 atom stereocenters. The van der Waals surface area contributed by atoms with Gasteiger partial charge in [-0.3, -0.25) is 9.69 Å². The van der Waals surface area contributed by atoms with Crippen molar-refractivity contribution < 1.29 is 26.4 Å². The van der Waals surface area contributed by atoms with E-state index in [9.17, 15) is 26.4 Å². The smallest absolute Gasteiger partial charge is 0.326 e. The van der Waals surface area contributed by atoms with Gasteiger partial charge in [0.1, 0.15) is 0 Å². The molecule has 1 saturated heterocycles. The van der Waals surface area contributed by atoms with Crippen LogP contribution in [-0.2, 0) is 33.8 Å². The highest BCUT2D eigenvalue weighted by atomic mass is 32.2. The SMILES string of the molecule is CCS(=O)(=O)c1ccc(CC(=O)Nc2ccc(C3CN(Cc4ccc(C(F)(F)F)cc4)CC3(C)C)cc2)cc1. The third-order valence-electron chi connectivity index (χ3n) is 7.33. The Morgan fingerprint density at radius 3 is 2.10 bits per heavy atom. The summed E-state index contributed by atoms with van der Waals surface area (Å²) < 4.78 is 62.5. The highest BCUT2D eigenvalue weighted by Gasteiger charge is 2.40. The van der Waals surface area contributed by atoms with Crippen LogP contribution in [-0.4, -0.2) is 38.1 Å². The lowest BCUT2D eigenvalue weighted by Gasteiger charge is -2.26. The summed E-state index contributed by atoms with van der Waals surface area (Å²) >= 11 is 0. The molecular weight excluding hydrogens is 525 g/mol. The number of nitrogens with one attached hydrogen (secondary N) is 1. The Bertz CT molecular complexity index is 1400. The summed E-state index contributed by atoms with van der Waals surface area (Å²) in [6.45, 7) is 8.15. The van der Waals surface area contributed by atoms with E-state index >= 15 is 0 Å². The highest BCUT2D eigenvalue weighted by molar-refractivity contribution is 7.91. The van der Waals surface area contributed by atoms with Crippen LogP contribution in [0.1, 0.15) is 48.9 Å². The van der Waals surface area contributed by atoms with Gasteiger partial charge in [0.05, 0.1) is 22.6 Å². The molecule has 1 aliphatic heterocycles. The maximum Gasteiger partial charge on any atom is 0.416 e. The molecule has 3 aromatic rings. The minimum Gasteiger partial charge on any atom is -0.326 e. The second-order valence-electron chi connectivity index (χ2n) is 10.8. The van der Waals surface area contributed by atoms with Gasteiger partial charge < -0.3 is 5.32 Å². The van der Waals surface area contributed by atoms with Gasteiger partial charge in [0.15, 0.2) is 9.84 Å². The predicted octanol–water partition coefficient (Wildman–Crippen LogP) is 6.31. The standard InChI is InChI=1S/C30H33F3N2O3S/c1-4-39(37,38)26-15-7-21(8-16-26)17-28(36)34-25-13-9-23(10-14-25)27-19-35(20-29(27,2)3)18-22-5-11-24(12-6-22)30(31,32)33/h5-16,27H,4,17-20H2,1-3H3,(H,34,36). The third kappa shape index (κ3) is 7.08. The van der Waals surface area contributed by atoms with Gasteiger partial charge in [-0.05, 0) is 58.5 Å². The van der Waals surface area contributed by atoms with Gasteiger partial charge in [-0.2, -0.15) is 13.2 Å². The van der Waals surface area contributed by atoms with Gasteiger partial charge in [0.2, 0.25) is 5.91 Å². The number of nitrogens with zero attached hydrogens (tertiary/aromatic N) is 1. The number of anilines is 1. The molecule has 39 heavy (non-hydrogen) atoms. The first kappa shape index (κ1) is 28.8. The van der Waals surface area contributed by atoms with Crippen LogP contribution < -0.4 is 5.32 Å². The fraction of sp³-hybridized carbons (Fsp3) is 0.367. The molecule has 1 heterocycles. The first-order chi connectivity index (χ1) is 18.3. The van der Waals surface area contributed by atoms with E-state index in [1.54, 1.807) is 31.2 Å². The number of hydrogen-bond acceptors (Lipinski definition) is 4. The Balaban J connectivity index is 1.35. The zero-order valence-electron chi connectivity index (χ0n) is 22.3. The van der Waals surface area contributed by atoms with E-state index in [0.717, 1.165) is 41.9 Å². The molecule has 0 aliphatic carbocycles. The summed E-state index contributed by atoms with van der Waals surface area (Å²) in [4.78, 5) is 15.1. The molecule has 0 bridgehead atoms. The van der Waals surface area contributed by atoms with Crippen molar-refractivity contribution in [1.29, 1.82) is 0 Å². The number of carbonyl (C=O) groups is 1. The molecule has 5 nitrogen and oxygen atoms in total. The summed E-state index contributed by atoms with van der Waals surface area (Å²) in [6, 6.07) is 19.5. The van der Waals surface area contributed by atoms with Crippen LogP contribution in [0, 0.1) is 5.41 Å². The summed E-state index contributed by atoms with van der Waals surface area (Å²) in [5, 5.41) is 2.89. The monoisotopic (exact) mass is 558 g/mol. The average molecular weight is 559 g/mol. The number of amides is 1. The number of carbonyl (C=O) groups excluding carboxylic acids is 1. The van der Waals surface area contributed by atoms with Crippen molar-refractivity contribution in [2.45, 2.75) is 50.7 Å². The summed E-state index contributed by atoms with van der Waals surface area (Å²) in [7, 11) is -3.28. The van der Waals surface area contributed by atoms with E-state index in [-0.39, 0.29) is 34.3 Å². The lowest BCUT2D eigenvalue weighted by Crippen LogP contribution is -2.23. The van der Waals surface area contributed by atoms with E-state index in [2.05, 4.69) is 24.1 Å². The average Bonchev–Trinajstić information content (AvgIpc) is 3.18. The minimum absolute atomic E-state index is 0.0258. The maximum atomic E-state index is 12.9. The number of halogens is 3. The highest BCUT2D eigenvalue weighted by Crippen LogP contribution is 2.43. The van der Waals surface area contributed by atoms with Gasteiger partial charge in [-0.1, -0.05) is 57.2 Å². The van der Waals surface area contributed by atoms with Gasteiger partial charge in [-0.15, -0.1) is 0 Å². The topological polar surface area (TPSA) is 66.5 Å². The number of sulfone groups is 1. The summed E-state index contributed by atoms with van der Waals surface area (Å²) in [5.74, 6) is 0.0605. The molecule has 0 spiro atoms. The van der Waals surface area contributed by atoms with Crippen molar-refractivity contribution in [3.8, 4) is 0 Å². The molecule has 0 radical (unpaired) electrons. The number of rotatable bonds is 8. The second kappa shape index (κ2) is 11.1. The van der Waals surface area contributed by atoms with Crippen LogP contribution in [0.15, 0.2) is 77.7 Å². The van der Waals surface area contributed by atoms with Crippen LogP contribution in [0.25, 0.3) is 0 Å². The molecule has 0 saturated carbocycles. The van der Waals surface area contributed by atoms with E-state index < -0.39 is 21.6 Å². The predicted molar refractivity (Wildman–Crippen MR) is 146 cm³/mol. The normalized spacial score (nSPS) is 17.7. The Morgan fingerprint density at radius 1 is 0.949 bits per heavy atom. The molecule has 1 N–H and O–H groups in total. The van der Waals surface area contributed by atoms with Crippen LogP contribution >= 0.6 is 0 Å². The zero-order valence-corrected chi connectivity index (χ0v) is 23.1. The molecular formula is C30H33F3N2O3S. The maximum absolute atomic E-state index is 12.9. The molecule has 0 aromatic heterocycles. The minimum atomic E-state index is -4.34. The lowest BCUT2D eigenvalue weighted by atomic mass is 9.78. The van der Waals surface area contributed by atoms with Crippen molar-refractivity contribution in [2.75, 3.05) is 24.2 Å². The summed E-state index contributed by atoms with van der Waals surface area (Å²) in [5.41, 5.74) is 2.71. The first-order valence-corrected chi connectivity index (χ1v) is 14.5. The number of hydrogen-bond donors (Lipinski definition) is 1. The van der Waals surface area contributed by atoms with E-state index in [0.29, 0.717) is 12.2 Å². The Hall–Kier alpha value is -3.17. The van der Waals surface area contributed by atoms with Crippen LogP contribution in [0.4, 0.5) is 18.9 Å². The largest absolute Gasteiger partial charge is 0.416 e. The molecule has 3 aromatic carbocycles. The van der Waals surface area contributed by atoms with Gasteiger partial charge in [0, 0.05) is 31.2 Å². The molecule has 1 aliphatic rings. The fourth-order valence-electron chi connectivity index (χ4n) is 5.16. The third-order valence-corrected chi connectivity index (χ3v) is 9.08. The lowest BCUT2D eigenvalue weighted by molar-refractivity contribution is -0.137. The van der Waals surface area contributed by atoms with Crippen LogP contribution in [0.3, 0.4) is 0 Å². The van der Waals surface area contributed by atoms with Crippen molar-refractivity contribution in [3.05, 3.63) is 95.1 Å². The van der Waals surface area contributed by atoms with Gasteiger partial charge in [-0.25, -0.2) is 8.42 Å². The number of likely N-dealkylation sites (tertiary alicyclic amines) is 1. The van der Waals surface area contributed by atoms with Gasteiger partial charge >= 0.3 is 6.18 Å². The van der Waals surface area contributed by atoms with Crippen molar-refractivity contribution in [1.82, 2.24) is 4.90 Å². The molecule has 1 fully saturated rings. The molecule has 4 rings (SSSR count). The quantitative estimate of drug-likeness (QED) is 0.352. The van der Waals surface area contributed by atoms with Crippen molar-refractivity contribution in [2.24, 2.45) is 5.41 Å². The number of alkyl halides is 3. The number of benzene rings is 3. The Labute approximate surface area is 228 Å². The molecule has 9 heteroatoms. The van der Waals surface area contributed by atoms with E-state index in [1.807, 2.05) is 24.3 Å². The Kier molecular flexibility index (Phi) is 8.23. The molecule has 208 valence electrons. The van der Waals surface area contributed by atoms with Crippen LogP contribution in [0.5, 0.6) is 0 Å². The van der Waals surface area contributed by atoms with Crippen molar-refractivity contribution in [3.63, 3.8) is 0 Å². The zero-order chi connectivity index (χ0) is 28.4. The van der Waals surface area contributed by atoms with Gasteiger partial charge in [0.25, 0.3) is 0 Å². The molecule has 1 unspecified atom stereocenters. The van der Waals surface area contributed by atoms with Crippen molar-refractivity contribution >= 4 is 21.4 Å². The fourth-order valence-corrected chi connectivity index (χ4v) is 6.05. The van der Waals surface area contributed by atoms with E-state index in [1.165, 1.54) is 12.1 Å². The second-order valence-corrected chi connectivity index (χ2v) is 13.1. The first-order valence-electron chi connectivity index (χ1n) is 12.9. The molecule has 1 amide bonds. The van der Waals surface area contributed by atoms with E-state index in [4.69, 9.17) is 0 Å². The Morgan fingerprint density at radius 2 is 1.54 bits per heavy atom.